The second-order valence-corrected chi connectivity index (χ2v) is 3.84. The number of hydrogen-bond acceptors (Lipinski definition) is 4. The summed E-state index contributed by atoms with van der Waals surface area (Å²) in [4.78, 5) is 3.84. The van der Waals surface area contributed by atoms with Crippen LogP contribution < -0.4 is 0 Å². The lowest BCUT2D eigenvalue weighted by Crippen LogP contribution is -1.95. The van der Waals surface area contributed by atoms with E-state index in [0.717, 1.165) is 0 Å². The van der Waals surface area contributed by atoms with Gasteiger partial charge in [0.2, 0.25) is 0 Å². The zero-order valence-corrected chi connectivity index (χ0v) is 9.32. The fourth-order valence-electron chi connectivity index (χ4n) is 1.58. The van der Waals surface area contributed by atoms with Crippen molar-refractivity contribution in [2.45, 2.75) is 0 Å². The summed E-state index contributed by atoms with van der Waals surface area (Å²) < 4.78 is 20.4. The number of fused-ring (bicyclic) bond motifs is 1. The van der Waals surface area contributed by atoms with Crippen LogP contribution in [0, 0.1) is 10.3 Å². The van der Waals surface area contributed by atoms with E-state index in [1.807, 2.05) is 0 Å². The molecule has 0 saturated carbocycles. The van der Waals surface area contributed by atoms with Crippen LogP contribution in [0.3, 0.4) is 0 Å². The van der Waals surface area contributed by atoms with E-state index in [2.05, 4.69) is 10.1 Å². The minimum Gasteiger partial charge on any atom is -0.462 e. The Morgan fingerprint density at radius 1 is 1.35 bits per heavy atom. The van der Waals surface area contributed by atoms with Gasteiger partial charge in [-0.25, -0.2) is 14.1 Å². The second-order valence-electron chi connectivity index (χ2n) is 3.43. The predicted octanol–water partition coefficient (Wildman–Crippen LogP) is 2.88. The molecule has 0 spiro atoms. The average Bonchev–Trinajstić information content (AvgIpc) is 2.82. The molecule has 3 aromatic rings. The van der Waals surface area contributed by atoms with Gasteiger partial charge in [0, 0.05) is 11.5 Å². The van der Waals surface area contributed by atoms with Crippen molar-refractivity contribution in [3.8, 4) is 5.69 Å². The molecule has 2 heterocycles. The highest BCUT2D eigenvalue weighted by molar-refractivity contribution is 7.71. The van der Waals surface area contributed by atoms with Gasteiger partial charge in [-0.2, -0.15) is 5.10 Å². The minimum atomic E-state index is -0.357. The Balaban J connectivity index is 2.34. The van der Waals surface area contributed by atoms with Gasteiger partial charge in [0.15, 0.2) is 0 Å². The van der Waals surface area contributed by atoms with E-state index in [0.29, 0.717) is 21.2 Å². The van der Waals surface area contributed by atoms with Crippen LogP contribution in [0.15, 0.2) is 41.5 Å². The van der Waals surface area contributed by atoms with Crippen LogP contribution in [0.1, 0.15) is 0 Å². The summed E-state index contributed by atoms with van der Waals surface area (Å²) in [6.45, 7) is 0. The van der Waals surface area contributed by atoms with E-state index in [-0.39, 0.29) is 5.82 Å². The van der Waals surface area contributed by atoms with Gasteiger partial charge in [0.25, 0.3) is 0 Å². The maximum Gasteiger partial charge on any atom is 0.138 e. The number of benzene rings is 1. The molecular formula is C11H6FN3OS. The molecule has 0 radical (unpaired) electrons. The summed E-state index contributed by atoms with van der Waals surface area (Å²) in [5.74, 6) is -0.357. The molecule has 0 aliphatic heterocycles. The normalized spacial score (nSPS) is 10.9. The van der Waals surface area contributed by atoms with Crippen LogP contribution in [0.25, 0.3) is 16.7 Å². The van der Waals surface area contributed by atoms with E-state index in [4.69, 9.17) is 16.6 Å². The SMILES string of the molecule is Fc1ccc2c(=S)c(-n3cncn3)coc2c1. The van der Waals surface area contributed by atoms with E-state index in [1.54, 1.807) is 6.07 Å². The van der Waals surface area contributed by atoms with E-state index in [1.165, 1.54) is 35.7 Å². The third-order valence-electron chi connectivity index (χ3n) is 2.38. The molecule has 0 aliphatic rings. The molecule has 6 heteroatoms. The molecule has 0 atom stereocenters. The third kappa shape index (κ3) is 1.62. The fourth-order valence-corrected chi connectivity index (χ4v) is 1.89. The predicted molar refractivity (Wildman–Crippen MR) is 61.9 cm³/mol. The molecule has 0 N–H and O–H groups in total. The number of hydrogen-bond donors (Lipinski definition) is 0. The maximum atomic E-state index is 13.0. The summed E-state index contributed by atoms with van der Waals surface area (Å²) >= 11 is 5.31. The monoisotopic (exact) mass is 247 g/mol. The van der Waals surface area contributed by atoms with Crippen LogP contribution >= 0.6 is 12.2 Å². The largest absolute Gasteiger partial charge is 0.462 e. The second kappa shape index (κ2) is 3.74. The first kappa shape index (κ1) is 10.1. The molecule has 3 rings (SSSR count). The zero-order chi connectivity index (χ0) is 11.8. The number of halogens is 1. The van der Waals surface area contributed by atoms with Crippen molar-refractivity contribution in [2.75, 3.05) is 0 Å². The fraction of sp³-hybridized carbons (Fsp3) is 0. The Morgan fingerprint density at radius 2 is 2.24 bits per heavy atom. The molecule has 0 saturated heterocycles. The van der Waals surface area contributed by atoms with Gasteiger partial charge in [-0.05, 0) is 12.1 Å². The van der Waals surface area contributed by atoms with E-state index in [9.17, 15) is 4.39 Å². The molecule has 0 unspecified atom stereocenters. The van der Waals surface area contributed by atoms with Gasteiger partial charge in [-0.3, -0.25) is 0 Å². The maximum absolute atomic E-state index is 13.0. The lowest BCUT2D eigenvalue weighted by atomic mass is 10.2. The minimum absolute atomic E-state index is 0.357. The lowest BCUT2D eigenvalue weighted by Gasteiger charge is -2.03. The van der Waals surface area contributed by atoms with Crippen molar-refractivity contribution < 1.29 is 8.81 Å². The number of rotatable bonds is 1. The van der Waals surface area contributed by atoms with Gasteiger partial charge in [0.1, 0.15) is 36.0 Å². The first-order chi connectivity index (χ1) is 8.25. The number of aromatic nitrogens is 3. The van der Waals surface area contributed by atoms with Crippen molar-refractivity contribution in [2.24, 2.45) is 0 Å². The van der Waals surface area contributed by atoms with Gasteiger partial charge in [-0.1, -0.05) is 12.2 Å². The summed E-state index contributed by atoms with van der Waals surface area (Å²) in [5.41, 5.74) is 1.02. The van der Waals surface area contributed by atoms with Crippen molar-refractivity contribution >= 4 is 23.2 Å². The summed E-state index contributed by atoms with van der Waals surface area (Å²) in [6.07, 6.45) is 4.37. The van der Waals surface area contributed by atoms with E-state index >= 15 is 0 Å². The third-order valence-corrected chi connectivity index (χ3v) is 2.81. The van der Waals surface area contributed by atoms with Gasteiger partial charge in [-0.15, -0.1) is 0 Å². The highest BCUT2D eigenvalue weighted by Gasteiger charge is 2.06. The van der Waals surface area contributed by atoms with Crippen molar-refractivity contribution in [1.29, 1.82) is 0 Å². The standard InChI is InChI=1S/C11H6FN3OS/c12-7-1-2-8-10(3-7)16-4-9(11(8)17)15-6-13-5-14-15/h1-6H. The molecule has 84 valence electrons. The van der Waals surface area contributed by atoms with Gasteiger partial charge < -0.3 is 4.42 Å². The molecule has 0 bridgehead atoms. The Morgan fingerprint density at radius 3 is 3.00 bits per heavy atom. The molecule has 0 amide bonds. The van der Waals surface area contributed by atoms with Gasteiger partial charge >= 0.3 is 0 Å². The quantitative estimate of drug-likeness (QED) is 0.620. The Labute approximate surface area is 100 Å². The van der Waals surface area contributed by atoms with Gasteiger partial charge in [0.05, 0.1) is 4.51 Å². The molecule has 1 aromatic carbocycles. The topological polar surface area (TPSA) is 43.9 Å². The average molecular weight is 247 g/mol. The Hall–Kier alpha value is -2.08. The van der Waals surface area contributed by atoms with E-state index < -0.39 is 0 Å². The Kier molecular flexibility index (Phi) is 2.22. The summed E-state index contributed by atoms with van der Waals surface area (Å²) in [5, 5.41) is 4.65. The first-order valence-electron chi connectivity index (χ1n) is 4.82. The van der Waals surface area contributed by atoms with Crippen molar-refractivity contribution in [3.63, 3.8) is 0 Å². The molecule has 0 aliphatic carbocycles. The summed E-state index contributed by atoms with van der Waals surface area (Å²) in [7, 11) is 0. The van der Waals surface area contributed by atoms with Crippen LogP contribution in [0.2, 0.25) is 0 Å². The highest BCUT2D eigenvalue weighted by Crippen LogP contribution is 2.21. The van der Waals surface area contributed by atoms with Crippen molar-refractivity contribution in [3.05, 3.63) is 47.4 Å². The lowest BCUT2D eigenvalue weighted by molar-refractivity contribution is 0.582. The van der Waals surface area contributed by atoms with Crippen LogP contribution in [-0.2, 0) is 0 Å². The number of nitrogens with zero attached hydrogens (tertiary/aromatic N) is 3. The molecule has 17 heavy (non-hydrogen) atoms. The van der Waals surface area contributed by atoms with Crippen LogP contribution in [0.5, 0.6) is 0 Å². The molecule has 4 nitrogen and oxygen atoms in total. The first-order valence-corrected chi connectivity index (χ1v) is 5.22. The Bertz CT molecular complexity index is 736. The molecule has 2 aromatic heterocycles. The van der Waals surface area contributed by atoms with Crippen LogP contribution in [0.4, 0.5) is 4.39 Å². The molecule has 0 fully saturated rings. The highest BCUT2D eigenvalue weighted by atomic mass is 32.1. The zero-order valence-electron chi connectivity index (χ0n) is 8.50. The van der Waals surface area contributed by atoms with Crippen molar-refractivity contribution in [1.82, 2.24) is 14.8 Å². The van der Waals surface area contributed by atoms with Crippen LogP contribution in [-0.4, -0.2) is 14.8 Å². The molecular weight excluding hydrogens is 241 g/mol. The summed E-state index contributed by atoms with van der Waals surface area (Å²) in [6, 6.07) is 4.24. The smallest absolute Gasteiger partial charge is 0.138 e.